The van der Waals surface area contributed by atoms with Crippen LogP contribution in [0.1, 0.15) is 23.0 Å². The van der Waals surface area contributed by atoms with Gasteiger partial charge in [-0.1, -0.05) is 0 Å². The van der Waals surface area contributed by atoms with Crippen LogP contribution in [-0.2, 0) is 7.05 Å². The Morgan fingerprint density at radius 2 is 2.12 bits per heavy atom. The number of amides is 1. The van der Waals surface area contributed by atoms with E-state index in [0.717, 1.165) is 5.52 Å². The number of imidazole rings is 1. The van der Waals surface area contributed by atoms with E-state index in [-0.39, 0.29) is 17.6 Å². The van der Waals surface area contributed by atoms with Gasteiger partial charge in [-0.3, -0.25) is 18.9 Å². The van der Waals surface area contributed by atoms with Crippen molar-refractivity contribution in [3.63, 3.8) is 0 Å². The van der Waals surface area contributed by atoms with Gasteiger partial charge in [-0.05, 0) is 18.6 Å². The fraction of sp³-hybridized carbons (Fsp3) is 0.312. The van der Waals surface area contributed by atoms with Gasteiger partial charge >= 0.3 is 5.69 Å². The van der Waals surface area contributed by atoms with Crippen LogP contribution in [0.3, 0.4) is 0 Å². The Bertz CT molecular complexity index is 962. The fourth-order valence-electron chi connectivity index (χ4n) is 3.23. The second-order valence-corrected chi connectivity index (χ2v) is 5.84. The molecule has 1 saturated heterocycles. The first kappa shape index (κ1) is 14.6. The highest BCUT2D eigenvalue weighted by atomic mass is 16.2. The lowest BCUT2D eigenvalue weighted by atomic mass is 10.2. The highest BCUT2D eigenvalue weighted by Crippen LogP contribution is 2.24. The summed E-state index contributed by atoms with van der Waals surface area (Å²) in [7, 11) is 1.74. The number of aromatic nitrogens is 5. The molecule has 0 bridgehead atoms. The van der Waals surface area contributed by atoms with Gasteiger partial charge in [0.05, 0.1) is 17.8 Å². The van der Waals surface area contributed by atoms with Gasteiger partial charge in [0.1, 0.15) is 5.69 Å². The van der Waals surface area contributed by atoms with Crippen molar-refractivity contribution in [3.8, 4) is 0 Å². The topological polar surface area (TPSA) is 85.9 Å². The first-order valence-corrected chi connectivity index (χ1v) is 7.74. The predicted molar refractivity (Wildman–Crippen MR) is 86.6 cm³/mol. The van der Waals surface area contributed by atoms with Gasteiger partial charge in [-0.25, -0.2) is 14.8 Å². The molecule has 1 amide bonds. The molecule has 1 atom stereocenters. The second-order valence-electron chi connectivity index (χ2n) is 5.84. The number of carbonyl (C=O) groups is 1. The molecule has 8 heteroatoms. The number of aryl methyl sites for hydroxylation is 1. The van der Waals surface area contributed by atoms with Crippen LogP contribution in [0.4, 0.5) is 0 Å². The van der Waals surface area contributed by atoms with E-state index >= 15 is 0 Å². The van der Waals surface area contributed by atoms with Crippen LogP contribution in [0.25, 0.3) is 11.2 Å². The summed E-state index contributed by atoms with van der Waals surface area (Å²) in [5.41, 5.74) is 1.66. The molecule has 3 aromatic rings. The van der Waals surface area contributed by atoms with Crippen molar-refractivity contribution in [1.29, 1.82) is 0 Å². The largest absolute Gasteiger partial charge is 0.335 e. The summed E-state index contributed by atoms with van der Waals surface area (Å²) in [5, 5.41) is 0. The number of nitrogens with zero attached hydrogens (tertiary/aromatic N) is 6. The molecule has 1 fully saturated rings. The van der Waals surface area contributed by atoms with E-state index < -0.39 is 0 Å². The molecule has 0 spiro atoms. The van der Waals surface area contributed by atoms with Crippen LogP contribution < -0.4 is 5.69 Å². The highest BCUT2D eigenvalue weighted by molar-refractivity contribution is 5.92. The molecule has 122 valence electrons. The van der Waals surface area contributed by atoms with Crippen LogP contribution in [0, 0.1) is 0 Å². The minimum Gasteiger partial charge on any atom is -0.335 e. The lowest BCUT2D eigenvalue weighted by Crippen LogP contribution is -2.32. The number of carbonyl (C=O) groups excluding carboxylic acids is 1. The zero-order valence-corrected chi connectivity index (χ0v) is 13.2. The quantitative estimate of drug-likeness (QED) is 0.689. The van der Waals surface area contributed by atoms with E-state index in [2.05, 4.69) is 15.0 Å². The number of fused-ring (bicyclic) bond motifs is 1. The van der Waals surface area contributed by atoms with Gasteiger partial charge in [-0.15, -0.1) is 0 Å². The second kappa shape index (κ2) is 5.55. The van der Waals surface area contributed by atoms with Crippen molar-refractivity contribution in [1.82, 2.24) is 29.0 Å². The van der Waals surface area contributed by atoms with Crippen LogP contribution in [0.15, 0.2) is 41.7 Å². The molecule has 1 aliphatic rings. The first-order valence-electron chi connectivity index (χ1n) is 7.74. The summed E-state index contributed by atoms with van der Waals surface area (Å²) in [6.07, 6.45) is 6.88. The molecule has 8 nitrogen and oxygen atoms in total. The minimum absolute atomic E-state index is 0.0864. The third-order valence-corrected chi connectivity index (χ3v) is 4.45. The number of hydrogen-bond acceptors (Lipinski definition) is 5. The molecular formula is C16H16N6O2. The maximum atomic E-state index is 12.6. The van der Waals surface area contributed by atoms with E-state index in [1.165, 1.54) is 18.6 Å². The Morgan fingerprint density at radius 1 is 1.25 bits per heavy atom. The summed E-state index contributed by atoms with van der Waals surface area (Å²) in [6, 6.07) is 3.60. The number of likely N-dealkylation sites (tertiary alicyclic amines) is 1. The third kappa shape index (κ3) is 2.18. The van der Waals surface area contributed by atoms with Gasteiger partial charge in [0.2, 0.25) is 0 Å². The lowest BCUT2D eigenvalue weighted by molar-refractivity contribution is 0.0781. The van der Waals surface area contributed by atoms with E-state index in [1.54, 1.807) is 27.3 Å². The van der Waals surface area contributed by atoms with Gasteiger partial charge in [0.25, 0.3) is 5.91 Å². The molecule has 0 saturated carbocycles. The normalized spacial score (nSPS) is 17.5. The Hall–Kier alpha value is -3.03. The van der Waals surface area contributed by atoms with Gasteiger partial charge < -0.3 is 4.90 Å². The summed E-state index contributed by atoms with van der Waals surface area (Å²) in [5.74, 6) is -0.160. The summed E-state index contributed by atoms with van der Waals surface area (Å²) >= 11 is 0. The Morgan fingerprint density at radius 3 is 2.92 bits per heavy atom. The SMILES string of the molecule is Cn1c(=O)n([C@@H]2CCN(C(=O)c3cnccn3)C2)c2ncccc21. The van der Waals surface area contributed by atoms with E-state index in [1.807, 2.05) is 12.1 Å². The number of pyridine rings is 1. The molecule has 1 aliphatic heterocycles. The first-order chi connectivity index (χ1) is 11.7. The Balaban J connectivity index is 1.66. The predicted octanol–water partition coefficient (Wildman–Crippen LogP) is 0.612. The van der Waals surface area contributed by atoms with Crippen molar-refractivity contribution in [2.75, 3.05) is 13.1 Å². The zero-order chi connectivity index (χ0) is 16.7. The Kier molecular flexibility index (Phi) is 3.37. The smallest absolute Gasteiger partial charge is 0.330 e. The molecular weight excluding hydrogens is 308 g/mol. The van der Waals surface area contributed by atoms with E-state index in [0.29, 0.717) is 30.9 Å². The maximum absolute atomic E-state index is 12.6. The molecule has 0 N–H and O–H groups in total. The summed E-state index contributed by atoms with van der Waals surface area (Å²) in [4.78, 5) is 39.1. The van der Waals surface area contributed by atoms with Crippen molar-refractivity contribution in [3.05, 3.63) is 53.1 Å². The molecule has 0 unspecified atom stereocenters. The molecule has 0 aliphatic carbocycles. The van der Waals surface area contributed by atoms with Gasteiger partial charge in [0, 0.05) is 38.7 Å². The lowest BCUT2D eigenvalue weighted by Gasteiger charge is -2.16. The highest BCUT2D eigenvalue weighted by Gasteiger charge is 2.31. The standard InChI is InChI=1S/C16H16N6O2/c1-20-13-3-2-5-19-14(13)22(16(20)24)11-4-8-21(10-11)15(23)12-9-17-6-7-18-12/h2-3,5-7,9,11H,4,8,10H2,1H3/t11-/m1/s1. The minimum atomic E-state index is -0.160. The van der Waals surface area contributed by atoms with E-state index in [4.69, 9.17) is 0 Å². The van der Waals surface area contributed by atoms with Crippen LogP contribution >= 0.6 is 0 Å². The van der Waals surface area contributed by atoms with Crippen LogP contribution in [0.5, 0.6) is 0 Å². The van der Waals surface area contributed by atoms with Gasteiger partial charge in [-0.2, -0.15) is 0 Å². The molecule has 4 heterocycles. The molecule has 0 aromatic carbocycles. The number of hydrogen-bond donors (Lipinski definition) is 0. The monoisotopic (exact) mass is 324 g/mol. The van der Waals surface area contributed by atoms with Crippen LogP contribution in [-0.4, -0.2) is 48.0 Å². The maximum Gasteiger partial charge on any atom is 0.330 e. The van der Waals surface area contributed by atoms with Crippen molar-refractivity contribution in [2.45, 2.75) is 12.5 Å². The molecule has 24 heavy (non-hydrogen) atoms. The average Bonchev–Trinajstić information content (AvgIpc) is 3.19. The average molecular weight is 324 g/mol. The third-order valence-electron chi connectivity index (χ3n) is 4.45. The summed E-state index contributed by atoms with van der Waals surface area (Å²) in [6.45, 7) is 1.04. The van der Waals surface area contributed by atoms with Crippen molar-refractivity contribution in [2.24, 2.45) is 7.05 Å². The van der Waals surface area contributed by atoms with Crippen molar-refractivity contribution < 1.29 is 4.79 Å². The van der Waals surface area contributed by atoms with Gasteiger partial charge in [0.15, 0.2) is 5.65 Å². The molecule has 4 rings (SSSR count). The summed E-state index contributed by atoms with van der Waals surface area (Å²) < 4.78 is 3.29. The Labute approximate surface area is 137 Å². The zero-order valence-electron chi connectivity index (χ0n) is 13.2. The number of rotatable bonds is 2. The molecule has 0 radical (unpaired) electrons. The van der Waals surface area contributed by atoms with E-state index in [9.17, 15) is 9.59 Å². The van der Waals surface area contributed by atoms with Crippen LogP contribution in [0.2, 0.25) is 0 Å². The van der Waals surface area contributed by atoms with Crippen molar-refractivity contribution >= 4 is 17.1 Å². The fourth-order valence-corrected chi connectivity index (χ4v) is 3.23. The molecule has 3 aromatic heterocycles.